The molecule has 1 fully saturated rings. The highest BCUT2D eigenvalue weighted by molar-refractivity contribution is 7.09. The van der Waals surface area contributed by atoms with Crippen molar-refractivity contribution < 1.29 is 5.11 Å². The molecule has 22 heavy (non-hydrogen) atoms. The number of hydrogen-bond acceptors (Lipinski definition) is 5. The summed E-state index contributed by atoms with van der Waals surface area (Å²) in [6, 6.07) is 0. The molecule has 3 rings (SSSR count). The third kappa shape index (κ3) is 3.24. The second-order valence-electron chi connectivity index (χ2n) is 6.04. The van der Waals surface area contributed by atoms with Crippen LogP contribution in [0.3, 0.4) is 0 Å². The summed E-state index contributed by atoms with van der Waals surface area (Å²) in [5.74, 6) is 1.67. The van der Waals surface area contributed by atoms with Crippen LogP contribution in [0, 0.1) is 13.8 Å². The summed E-state index contributed by atoms with van der Waals surface area (Å²) < 4.78 is 2.17. The van der Waals surface area contributed by atoms with Crippen molar-refractivity contribution in [3.8, 4) is 0 Å². The highest BCUT2D eigenvalue weighted by atomic mass is 32.1. The van der Waals surface area contributed by atoms with Crippen molar-refractivity contribution in [1.82, 2.24) is 19.4 Å². The zero-order valence-electron chi connectivity index (χ0n) is 13.3. The average molecular weight is 320 g/mol. The van der Waals surface area contributed by atoms with E-state index in [-0.39, 0.29) is 6.61 Å². The molecule has 0 spiro atoms. The van der Waals surface area contributed by atoms with Crippen LogP contribution < -0.4 is 0 Å². The maximum absolute atomic E-state index is 9.24. The van der Waals surface area contributed by atoms with Gasteiger partial charge in [-0.2, -0.15) is 0 Å². The van der Waals surface area contributed by atoms with Gasteiger partial charge in [-0.3, -0.25) is 4.90 Å². The Morgan fingerprint density at radius 1 is 1.27 bits per heavy atom. The summed E-state index contributed by atoms with van der Waals surface area (Å²) in [5.41, 5.74) is 4.25. The van der Waals surface area contributed by atoms with Gasteiger partial charge in [0.1, 0.15) is 5.82 Å². The zero-order chi connectivity index (χ0) is 15.5. The van der Waals surface area contributed by atoms with Crippen molar-refractivity contribution in [2.24, 2.45) is 0 Å². The van der Waals surface area contributed by atoms with E-state index in [0.29, 0.717) is 12.5 Å². The van der Waals surface area contributed by atoms with Crippen LogP contribution in [0.5, 0.6) is 0 Å². The molecule has 120 valence electrons. The summed E-state index contributed by atoms with van der Waals surface area (Å²) in [6.45, 7) is 8.21. The van der Waals surface area contributed by atoms with Gasteiger partial charge in [0.2, 0.25) is 0 Å². The van der Waals surface area contributed by atoms with E-state index in [0.717, 1.165) is 44.0 Å². The van der Waals surface area contributed by atoms with Gasteiger partial charge in [-0.15, -0.1) is 11.3 Å². The van der Waals surface area contributed by atoms with Crippen LogP contribution in [0.2, 0.25) is 0 Å². The second kappa shape index (κ2) is 6.89. The third-order valence-electron chi connectivity index (χ3n) is 4.57. The lowest BCUT2D eigenvalue weighted by molar-refractivity contribution is 0.199. The van der Waals surface area contributed by atoms with Crippen molar-refractivity contribution in [3.05, 3.63) is 33.8 Å². The number of piperidine rings is 1. The number of thiazole rings is 1. The van der Waals surface area contributed by atoms with Crippen LogP contribution in [0.4, 0.5) is 0 Å². The molecule has 6 heteroatoms. The number of aryl methyl sites for hydroxylation is 2. The lowest BCUT2D eigenvalue weighted by Gasteiger charge is -2.31. The highest BCUT2D eigenvalue weighted by Crippen LogP contribution is 2.29. The first-order valence-corrected chi connectivity index (χ1v) is 8.81. The summed E-state index contributed by atoms with van der Waals surface area (Å²) >= 11 is 1.76. The summed E-state index contributed by atoms with van der Waals surface area (Å²) in [4.78, 5) is 12.8. The molecule has 0 bridgehead atoms. The molecule has 0 unspecified atom stereocenters. The molecule has 1 N–H and O–H groups in total. The monoisotopic (exact) mass is 320 g/mol. The van der Waals surface area contributed by atoms with Crippen LogP contribution in [-0.2, 0) is 13.1 Å². The molecule has 0 radical (unpaired) electrons. The zero-order valence-corrected chi connectivity index (χ0v) is 14.1. The predicted octanol–water partition coefficient (Wildman–Crippen LogP) is 2.33. The first-order valence-electron chi connectivity index (χ1n) is 7.93. The minimum Gasteiger partial charge on any atom is -0.395 e. The lowest BCUT2D eigenvalue weighted by atomic mass is 9.95. The Hall–Kier alpha value is -1.24. The van der Waals surface area contributed by atoms with E-state index in [1.165, 1.54) is 10.6 Å². The Morgan fingerprint density at radius 2 is 2.05 bits per heavy atom. The van der Waals surface area contributed by atoms with Crippen molar-refractivity contribution in [3.63, 3.8) is 0 Å². The quantitative estimate of drug-likeness (QED) is 0.919. The third-order valence-corrected chi connectivity index (χ3v) is 5.49. The van der Waals surface area contributed by atoms with Crippen LogP contribution in [-0.4, -0.2) is 44.2 Å². The molecule has 0 saturated carbocycles. The predicted molar refractivity (Wildman–Crippen MR) is 88.2 cm³/mol. The molecular weight excluding hydrogens is 296 g/mol. The van der Waals surface area contributed by atoms with E-state index < -0.39 is 0 Å². The van der Waals surface area contributed by atoms with Gasteiger partial charge in [0.05, 0.1) is 17.8 Å². The van der Waals surface area contributed by atoms with Crippen LogP contribution in [0.25, 0.3) is 0 Å². The number of aromatic nitrogens is 3. The van der Waals surface area contributed by atoms with Gasteiger partial charge in [0, 0.05) is 35.8 Å². The Morgan fingerprint density at radius 3 is 2.68 bits per heavy atom. The molecule has 0 aromatic carbocycles. The fourth-order valence-electron chi connectivity index (χ4n) is 3.23. The smallest absolute Gasteiger partial charge is 0.112 e. The molecular formula is C16H24N4OS. The second-order valence-corrected chi connectivity index (χ2v) is 6.98. The van der Waals surface area contributed by atoms with Crippen LogP contribution >= 0.6 is 11.3 Å². The molecule has 1 aliphatic rings. The van der Waals surface area contributed by atoms with Crippen molar-refractivity contribution >= 4 is 11.3 Å². The van der Waals surface area contributed by atoms with Gasteiger partial charge in [-0.1, -0.05) is 0 Å². The van der Waals surface area contributed by atoms with Gasteiger partial charge < -0.3 is 9.67 Å². The Balaban J connectivity index is 1.61. The first-order chi connectivity index (χ1) is 10.7. The number of aliphatic hydroxyl groups excluding tert-OH is 1. The molecule has 5 nitrogen and oxygen atoms in total. The standard InChI is InChI=1S/C16H24N4OS/c1-12-9-17-16(20(12)7-8-21)14-3-5-19(6-4-14)10-15-13(2)18-11-22-15/h9,11,14,21H,3-8,10H2,1-2H3. The fourth-order valence-corrected chi connectivity index (χ4v) is 4.05. The number of imidazole rings is 1. The Kier molecular flexibility index (Phi) is 4.90. The van der Waals surface area contributed by atoms with E-state index >= 15 is 0 Å². The summed E-state index contributed by atoms with van der Waals surface area (Å²) in [7, 11) is 0. The molecule has 1 aliphatic heterocycles. The van der Waals surface area contributed by atoms with Gasteiger partial charge in [-0.05, 0) is 39.8 Å². The van der Waals surface area contributed by atoms with Crippen LogP contribution in [0.15, 0.2) is 11.7 Å². The molecule has 2 aromatic rings. The maximum Gasteiger partial charge on any atom is 0.112 e. The summed E-state index contributed by atoms with van der Waals surface area (Å²) in [5, 5.41) is 9.24. The number of hydrogen-bond donors (Lipinski definition) is 1. The molecule has 0 atom stereocenters. The van der Waals surface area contributed by atoms with Gasteiger partial charge >= 0.3 is 0 Å². The van der Waals surface area contributed by atoms with Gasteiger partial charge in [0.25, 0.3) is 0 Å². The van der Waals surface area contributed by atoms with E-state index in [2.05, 4.69) is 33.3 Å². The molecule has 0 amide bonds. The van der Waals surface area contributed by atoms with Gasteiger partial charge in [0.15, 0.2) is 0 Å². The van der Waals surface area contributed by atoms with E-state index in [1.54, 1.807) is 11.3 Å². The van der Waals surface area contributed by atoms with E-state index in [1.807, 2.05) is 11.7 Å². The molecule has 0 aliphatic carbocycles. The average Bonchev–Trinajstić information content (AvgIpc) is 3.08. The Labute approximate surface area is 135 Å². The van der Waals surface area contributed by atoms with Crippen molar-refractivity contribution in [2.75, 3.05) is 19.7 Å². The minimum absolute atomic E-state index is 0.174. The fraction of sp³-hybridized carbons (Fsp3) is 0.625. The van der Waals surface area contributed by atoms with E-state index in [9.17, 15) is 5.11 Å². The molecule has 3 heterocycles. The number of rotatable bonds is 5. The lowest BCUT2D eigenvalue weighted by Crippen LogP contribution is -2.33. The SMILES string of the molecule is Cc1ncsc1CN1CCC(c2ncc(C)n2CCO)CC1. The summed E-state index contributed by atoms with van der Waals surface area (Å²) in [6.07, 6.45) is 4.21. The number of likely N-dealkylation sites (tertiary alicyclic amines) is 1. The molecule has 2 aromatic heterocycles. The topological polar surface area (TPSA) is 54.2 Å². The number of aliphatic hydroxyl groups is 1. The highest BCUT2D eigenvalue weighted by Gasteiger charge is 2.25. The van der Waals surface area contributed by atoms with Gasteiger partial charge in [-0.25, -0.2) is 9.97 Å². The Bertz CT molecular complexity index is 613. The molecule has 1 saturated heterocycles. The van der Waals surface area contributed by atoms with Crippen molar-refractivity contribution in [1.29, 1.82) is 0 Å². The normalized spacial score (nSPS) is 17.2. The van der Waals surface area contributed by atoms with Crippen LogP contribution in [0.1, 0.15) is 40.8 Å². The maximum atomic E-state index is 9.24. The number of nitrogens with zero attached hydrogens (tertiary/aromatic N) is 4. The van der Waals surface area contributed by atoms with Crippen molar-refractivity contribution in [2.45, 2.75) is 45.7 Å². The first kappa shape index (κ1) is 15.6. The minimum atomic E-state index is 0.174. The largest absolute Gasteiger partial charge is 0.395 e. The van der Waals surface area contributed by atoms with E-state index in [4.69, 9.17) is 0 Å².